The van der Waals surface area contributed by atoms with Crippen LogP contribution in [-0.2, 0) is 6.16 Å². The molecule has 0 fully saturated rings. The highest BCUT2D eigenvalue weighted by Crippen LogP contribution is 2.41. The molecule has 0 aliphatic heterocycles. The number of rotatable bonds is 10. The number of benzene rings is 1. The predicted molar refractivity (Wildman–Crippen MR) is 85.9 cm³/mol. The quantitative estimate of drug-likeness (QED) is 0.356. The van der Waals surface area contributed by atoms with E-state index in [0.29, 0.717) is 0 Å². The molecule has 102 valence electrons. The molecule has 1 heteroatoms. The van der Waals surface area contributed by atoms with Gasteiger partial charge in [0.15, 0.2) is 0 Å². The van der Waals surface area contributed by atoms with Gasteiger partial charge in [0, 0.05) is 0 Å². The number of hydrogen-bond acceptors (Lipinski definition) is 0. The first kappa shape index (κ1) is 15.7. The fourth-order valence-electron chi connectivity index (χ4n) is 2.28. The van der Waals surface area contributed by atoms with Gasteiger partial charge in [0.05, 0.1) is 0 Å². The van der Waals surface area contributed by atoms with Crippen LogP contribution in [0.1, 0.15) is 57.9 Å². The Labute approximate surface area is 115 Å². The van der Waals surface area contributed by atoms with Crippen molar-refractivity contribution in [1.82, 2.24) is 0 Å². The average molecular weight is 264 g/mol. The summed E-state index contributed by atoms with van der Waals surface area (Å²) in [5.74, 6) is 0. The van der Waals surface area contributed by atoms with Crippen molar-refractivity contribution >= 4 is 7.92 Å². The lowest BCUT2D eigenvalue weighted by Gasteiger charge is -2.17. The van der Waals surface area contributed by atoms with Crippen molar-refractivity contribution < 1.29 is 0 Å². The summed E-state index contributed by atoms with van der Waals surface area (Å²) in [6.45, 7) is 4.60. The molecule has 1 aromatic carbocycles. The Kier molecular flexibility index (Phi) is 9.22. The maximum absolute atomic E-state index is 2.30. The van der Waals surface area contributed by atoms with Gasteiger partial charge in [-0.05, 0) is 36.9 Å². The van der Waals surface area contributed by atoms with Gasteiger partial charge in [-0.15, -0.1) is 7.92 Å². The zero-order valence-corrected chi connectivity index (χ0v) is 13.1. The molecular weight excluding hydrogens is 235 g/mol. The van der Waals surface area contributed by atoms with E-state index < -0.39 is 0 Å². The fourth-order valence-corrected chi connectivity index (χ4v) is 4.89. The Morgan fingerprint density at radius 3 is 1.83 bits per heavy atom. The zero-order valence-electron chi connectivity index (χ0n) is 12.2. The van der Waals surface area contributed by atoms with Crippen molar-refractivity contribution in [3.63, 3.8) is 0 Å². The van der Waals surface area contributed by atoms with Gasteiger partial charge in [0.25, 0.3) is 0 Å². The summed E-state index contributed by atoms with van der Waals surface area (Å²) in [5, 5.41) is 0. The average Bonchev–Trinajstić information content (AvgIpc) is 2.40. The van der Waals surface area contributed by atoms with Crippen LogP contribution in [0.5, 0.6) is 0 Å². The lowest BCUT2D eigenvalue weighted by atomic mass is 10.2. The molecule has 0 aliphatic carbocycles. The van der Waals surface area contributed by atoms with Gasteiger partial charge < -0.3 is 0 Å². The van der Waals surface area contributed by atoms with Gasteiger partial charge >= 0.3 is 0 Å². The van der Waals surface area contributed by atoms with Crippen LogP contribution in [0, 0.1) is 0 Å². The fraction of sp³-hybridized carbons (Fsp3) is 0.647. The third kappa shape index (κ3) is 7.17. The smallest absolute Gasteiger partial charge is 0.00731 e. The summed E-state index contributed by atoms with van der Waals surface area (Å²) in [6.07, 6.45) is 12.8. The molecule has 0 saturated carbocycles. The molecule has 1 aromatic rings. The maximum Gasteiger partial charge on any atom is -0.00731 e. The van der Waals surface area contributed by atoms with E-state index in [0.717, 1.165) is 0 Å². The molecule has 0 nitrogen and oxygen atoms in total. The van der Waals surface area contributed by atoms with E-state index in [1.165, 1.54) is 57.0 Å². The van der Waals surface area contributed by atoms with E-state index in [4.69, 9.17) is 0 Å². The van der Waals surface area contributed by atoms with E-state index in [9.17, 15) is 0 Å². The van der Waals surface area contributed by atoms with Crippen molar-refractivity contribution in [3.8, 4) is 0 Å². The lowest BCUT2D eigenvalue weighted by Crippen LogP contribution is -1.95. The van der Waals surface area contributed by atoms with Crippen LogP contribution in [0.2, 0.25) is 0 Å². The van der Waals surface area contributed by atoms with Crippen molar-refractivity contribution in [3.05, 3.63) is 35.9 Å². The molecule has 0 aromatic heterocycles. The minimum atomic E-state index is 0.240. The summed E-state index contributed by atoms with van der Waals surface area (Å²) < 4.78 is 0. The van der Waals surface area contributed by atoms with Gasteiger partial charge in [0.1, 0.15) is 0 Å². The maximum atomic E-state index is 2.30. The van der Waals surface area contributed by atoms with E-state index in [1.54, 1.807) is 5.56 Å². The highest BCUT2D eigenvalue weighted by atomic mass is 31.1. The summed E-state index contributed by atoms with van der Waals surface area (Å²) in [6, 6.07) is 11.1. The molecule has 0 N–H and O–H groups in total. The molecule has 0 atom stereocenters. The van der Waals surface area contributed by atoms with Crippen LogP contribution in [0.3, 0.4) is 0 Å². The van der Waals surface area contributed by atoms with Gasteiger partial charge in [0.2, 0.25) is 0 Å². The van der Waals surface area contributed by atoms with Gasteiger partial charge in [-0.25, -0.2) is 0 Å². The monoisotopic (exact) mass is 264 g/mol. The Morgan fingerprint density at radius 2 is 1.33 bits per heavy atom. The van der Waals surface area contributed by atoms with Crippen LogP contribution >= 0.6 is 7.92 Å². The first-order valence-electron chi connectivity index (χ1n) is 7.63. The number of hydrogen-bond donors (Lipinski definition) is 0. The van der Waals surface area contributed by atoms with E-state index in [2.05, 4.69) is 44.2 Å². The molecule has 1 rings (SSSR count). The van der Waals surface area contributed by atoms with Gasteiger partial charge in [-0.3, -0.25) is 0 Å². The van der Waals surface area contributed by atoms with Crippen molar-refractivity contribution in [2.75, 3.05) is 12.3 Å². The van der Waals surface area contributed by atoms with E-state index in [1.807, 2.05) is 0 Å². The Hall–Kier alpha value is -0.350. The molecule has 0 unspecified atom stereocenters. The largest absolute Gasteiger partial charge is 0.102 e. The van der Waals surface area contributed by atoms with Crippen LogP contribution in [0.25, 0.3) is 0 Å². The molecule has 18 heavy (non-hydrogen) atoms. The second-order valence-corrected chi connectivity index (χ2v) is 7.73. The molecule has 0 heterocycles. The summed E-state index contributed by atoms with van der Waals surface area (Å²) in [5.41, 5.74) is 1.55. The Balaban J connectivity index is 2.37. The van der Waals surface area contributed by atoms with Crippen molar-refractivity contribution in [2.45, 2.75) is 58.5 Å². The highest BCUT2D eigenvalue weighted by Gasteiger charge is 2.08. The van der Waals surface area contributed by atoms with Crippen LogP contribution in [-0.4, -0.2) is 12.3 Å². The molecule has 0 amide bonds. The summed E-state index contributed by atoms with van der Waals surface area (Å²) in [7, 11) is 0.240. The molecular formula is C17H29P. The minimum absolute atomic E-state index is 0.240. The van der Waals surface area contributed by atoms with Crippen LogP contribution < -0.4 is 0 Å². The summed E-state index contributed by atoms with van der Waals surface area (Å²) >= 11 is 0. The van der Waals surface area contributed by atoms with Gasteiger partial charge in [-0.1, -0.05) is 69.9 Å². The third-order valence-corrected chi connectivity index (χ3v) is 6.11. The lowest BCUT2D eigenvalue weighted by molar-refractivity contribution is 0.761. The van der Waals surface area contributed by atoms with Crippen molar-refractivity contribution in [2.24, 2.45) is 0 Å². The second-order valence-electron chi connectivity index (χ2n) is 5.18. The molecule has 0 radical (unpaired) electrons. The minimum Gasteiger partial charge on any atom is -0.102 e. The third-order valence-electron chi connectivity index (χ3n) is 3.40. The first-order chi connectivity index (χ1) is 8.86. The first-order valence-corrected chi connectivity index (χ1v) is 9.52. The molecule has 0 bridgehead atoms. The molecule has 0 aliphatic rings. The zero-order chi connectivity index (χ0) is 13.1. The standard InChI is InChI=1S/C17H29P/c1-3-5-10-14-18(15-11-6-4-2)16-17-12-8-7-9-13-17/h7-9,12-13H,3-6,10-11,14-16H2,1-2H3. The number of unbranched alkanes of at least 4 members (excludes halogenated alkanes) is 4. The Morgan fingerprint density at radius 1 is 0.778 bits per heavy atom. The van der Waals surface area contributed by atoms with E-state index in [-0.39, 0.29) is 7.92 Å². The van der Waals surface area contributed by atoms with Crippen LogP contribution in [0.15, 0.2) is 30.3 Å². The van der Waals surface area contributed by atoms with Gasteiger partial charge in [-0.2, -0.15) is 0 Å². The summed E-state index contributed by atoms with van der Waals surface area (Å²) in [4.78, 5) is 0. The van der Waals surface area contributed by atoms with Crippen LogP contribution in [0.4, 0.5) is 0 Å². The predicted octanol–water partition coefficient (Wildman–Crippen LogP) is 6.05. The van der Waals surface area contributed by atoms with E-state index >= 15 is 0 Å². The normalized spacial score (nSPS) is 11.1. The molecule has 0 saturated heterocycles. The Bertz CT molecular complexity index is 271. The molecule has 0 spiro atoms. The highest BCUT2D eigenvalue weighted by molar-refractivity contribution is 7.56. The van der Waals surface area contributed by atoms with Crippen molar-refractivity contribution in [1.29, 1.82) is 0 Å². The SMILES string of the molecule is CCCCCP(CCCCC)Cc1ccccc1. The second kappa shape index (κ2) is 10.6. The topological polar surface area (TPSA) is 0 Å².